The van der Waals surface area contributed by atoms with Crippen molar-refractivity contribution in [3.05, 3.63) is 53.6 Å². The molecule has 0 saturated carbocycles. The Labute approximate surface area is 102 Å². The molecule has 2 rings (SSSR count). The number of rotatable bonds is 4. The molecule has 1 unspecified atom stereocenters. The number of aliphatic hydroxyl groups excluding tert-OH is 1. The Bertz CT molecular complexity index is 490. The van der Waals surface area contributed by atoms with Crippen molar-refractivity contribution in [2.75, 3.05) is 0 Å². The first kappa shape index (κ1) is 11.9. The maximum Gasteiger partial charge on any atom is 0.137 e. The summed E-state index contributed by atoms with van der Waals surface area (Å²) < 4.78 is 1.97. The molecule has 0 fully saturated rings. The van der Waals surface area contributed by atoms with Gasteiger partial charge in [0, 0.05) is 25.4 Å². The maximum atomic E-state index is 10.2. The molecule has 0 aliphatic heterocycles. The fourth-order valence-corrected chi connectivity index (χ4v) is 2.04. The van der Waals surface area contributed by atoms with Crippen molar-refractivity contribution in [2.24, 2.45) is 0 Å². The standard InChI is InChI=1S/C14H18N2O/c1-3-16-8-7-15-14(16)13(17)10-12-6-4-5-11(2)9-12/h4-9,13,17H,3,10H2,1-2H3. The number of aromatic nitrogens is 2. The molecule has 1 heterocycles. The smallest absolute Gasteiger partial charge is 0.137 e. The van der Waals surface area contributed by atoms with Crippen molar-refractivity contribution in [1.29, 1.82) is 0 Å². The van der Waals surface area contributed by atoms with Crippen LogP contribution in [0.5, 0.6) is 0 Å². The molecule has 0 amide bonds. The highest BCUT2D eigenvalue weighted by atomic mass is 16.3. The van der Waals surface area contributed by atoms with Gasteiger partial charge < -0.3 is 9.67 Å². The minimum Gasteiger partial charge on any atom is -0.385 e. The first-order valence-corrected chi connectivity index (χ1v) is 5.95. The Balaban J connectivity index is 2.14. The molecular formula is C14H18N2O. The molecule has 3 heteroatoms. The van der Waals surface area contributed by atoms with E-state index in [-0.39, 0.29) is 0 Å². The predicted octanol–water partition coefficient (Wildman–Crippen LogP) is 2.49. The van der Waals surface area contributed by atoms with Gasteiger partial charge in [-0.3, -0.25) is 0 Å². The van der Waals surface area contributed by atoms with Crippen LogP contribution in [-0.4, -0.2) is 14.7 Å². The number of imidazole rings is 1. The van der Waals surface area contributed by atoms with E-state index >= 15 is 0 Å². The van der Waals surface area contributed by atoms with Gasteiger partial charge in [-0.15, -0.1) is 0 Å². The number of hydrogen-bond donors (Lipinski definition) is 1. The number of aliphatic hydroxyl groups is 1. The van der Waals surface area contributed by atoms with E-state index in [1.54, 1.807) is 6.20 Å². The fraction of sp³-hybridized carbons (Fsp3) is 0.357. The van der Waals surface area contributed by atoms with Gasteiger partial charge in [0.15, 0.2) is 0 Å². The number of aryl methyl sites for hydroxylation is 2. The summed E-state index contributed by atoms with van der Waals surface area (Å²) in [5.41, 5.74) is 2.36. The van der Waals surface area contributed by atoms with Gasteiger partial charge in [-0.25, -0.2) is 4.98 Å². The molecule has 1 atom stereocenters. The minimum absolute atomic E-state index is 0.535. The number of benzene rings is 1. The van der Waals surface area contributed by atoms with Gasteiger partial charge in [0.1, 0.15) is 11.9 Å². The van der Waals surface area contributed by atoms with Gasteiger partial charge in [0.05, 0.1) is 0 Å². The Morgan fingerprint density at radius 1 is 1.41 bits per heavy atom. The molecule has 90 valence electrons. The average molecular weight is 230 g/mol. The Morgan fingerprint density at radius 3 is 2.94 bits per heavy atom. The molecular weight excluding hydrogens is 212 g/mol. The fourth-order valence-electron chi connectivity index (χ4n) is 2.04. The van der Waals surface area contributed by atoms with Gasteiger partial charge in [-0.2, -0.15) is 0 Å². The van der Waals surface area contributed by atoms with E-state index in [4.69, 9.17) is 0 Å². The van der Waals surface area contributed by atoms with Crippen molar-refractivity contribution in [2.45, 2.75) is 32.9 Å². The summed E-state index contributed by atoms with van der Waals surface area (Å²) in [4.78, 5) is 4.22. The summed E-state index contributed by atoms with van der Waals surface area (Å²) >= 11 is 0. The molecule has 0 saturated heterocycles. The number of nitrogens with zero attached hydrogens (tertiary/aromatic N) is 2. The summed E-state index contributed by atoms with van der Waals surface area (Å²) in [6.07, 6.45) is 3.71. The summed E-state index contributed by atoms with van der Waals surface area (Å²) in [6, 6.07) is 8.21. The zero-order chi connectivity index (χ0) is 12.3. The van der Waals surface area contributed by atoms with Crippen LogP contribution in [0.1, 0.15) is 30.0 Å². The summed E-state index contributed by atoms with van der Waals surface area (Å²) in [7, 11) is 0. The van der Waals surface area contributed by atoms with Crippen LogP contribution in [0, 0.1) is 6.92 Å². The highest BCUT2D eigenvalue weighted by molar-refractivity contribution is 5.23. The summed E-state index contributed by atoms with van der Waals surface area (Å²) in [5.74, 6) is 0.744. The van der Waals surface area contributed by atoms with Gasteiger partial charge in [0.2, 0.25) is 0 Å². The van der Waals surface area contributed by atoms with Crippen molar-refractivity contribution in [3.63, 3.8) is 0 Å². The van der Waals surface area contributed by atoms with Crippen LogP contribution in [0.3, 0.4) is 0 Å². The van der Waals surface area contributed by atoms with Crippen molar-refractivity contribution in [3.8, 4) is 0 Å². The van der Waals surface area contributed by atoms with Crippen molar-refractivity contribution in [1.82, 2.24) is 9.55 Å². The Morgan fingerprint density at radius 2 is 2.24 bits per heavy atom. The third-order valence-corrected chi connectivity index (χ3v) is 2.90. The second kappa shape index (κ2) is 5.15. The second-order valence-electron chi connectivity index (χ2n) is 4.28. The minimum atomic E-state index is -0.535. The molecule has 1 aromatic heterocycles. The van der Waals surface area contributed by atoms with E-state index in [2.05, 4.69) is 24.0 Å². The summed E-state index contributed by atoms with van der Waals surface area (Å²) in [6.45, 7) is 4.94. The molecule has 1 N–H and O–H groups in total. The second-order valence-corrected chi connectivity index (χ2v) is 4.28. The third-order valence-electron chi connectivity index (χ3n) is 2.90. The van der Waals surface area contributed by atoms with Crippen molar-refractivity contribution >= 4 is 0 Å². The molecule has 0 spiro atoms. The molecule has 0 aliphatic carbocycles. The average Bonchev–Trinajstić information content (AvgIpc) is 2.77. The molecule has 3 nitrogen and oxygen atoms in total. The van der Waals surface area contributed by atoms with Crippen LogP contribution in [0.15, 0.2) is 36.7 Å². The monoisotopic (exact) mass is 230 g/mol. The van der Waals surface area contributed by atoms with E-state index in [0.717, 1.165) is 17.9 Å². The molecule has 17 heavy (non-hydrogen) atoms. The van der Waals surface area contributed by atoms with Crippen LogP contribution in [-0.2, 0) is 13.0 Å². The van der Waals surface area contributed by atoms with Crippen LogP contribution in [0.4, 0.5) is 0 Å². The SMILES string of the molecule is CCn1ccnc1C(O)Cc1cccc(C)c1. The third kappa shape index (κ3) is 2.74. The quantitative estimate of drug-likeness (QED) is 0.876. The molecule has 0 radical (unpaired) electrons. The van der Waals surface area contributed by atoms with E-state index in [1.165, 1.54) is 5.56 Å². The van der Waals surface area contributed by atoms with E-state index in [9.17, 15) is 5.11 Å². The first-order chi connectivity index (χ1) is 8.20. The van der Waals surface area contributed by atoms with Crippen LogP contribution in [0.25, 0.3) is 0 Å². The molecule has 0 bridgehead atoms. The van der Waals surface area contributed by atoms with E-state index in [1.807, 2.05) is 29.8 Å². The number of hydrogen-bond acceptors (Lipinski definition) is 2. The van der Waals surface area contributed by atoms with Gasteiger partial charge in [-0.1, -0.05) is 29.8 Å². The van der Waals surface area contributed by atoms with Crippen LogP contribution in [0.2, 0.25) is 0 Å². The largest absolute Gasteiger partial charge is 0.385 e. The van der Waals surface area contributed by atoms with Gasteiger partial charge in [0.25, 0.3) is 0 Å². The molecule has 1 aromatic carbocycles. The molecule has 2 aromatic rings. The van der Waals surface area contributed by atoms with Gasteiger partial charge in [-0.05, 0) is 19.4 Å². The molecule has 0 aliphatic rings. The van der Waals surface area contributed by atoms with Crippen molar-refractivity contribution < 1.29 is 5.11 Å². The Hall–Kier alpha value is -1.61. The van der Waals surface area contributed by atoms with Crippen LogP contribution < -0.4 is 0 Å². The topological polar surface area (TPSA) is 38.0 Å². The normalized spacial score (nSPS) is 12.6. The lowest BCUT2D eigenvalue weighted by Gasteiger charge is -2.12. The zero-order valence-electron chi connectivity index (χ0n) is 10.3. The predicted molar refractivity (Wildman–Crippen MR) is 67.7 cm³/mol. The lowest BCUT2D eigenvalue weighted by atomic mass is 10.1. The van der Waals surface area contributed by atoms with E-state index in [0.29, 0.717) is 6.42 Å². The Kier molecular flexibility index (Phi) is 3.59. The lowest BCUT2D eigenvalue weighted by Crippen LogP contribution is -2.10. The zero-order valence-corrected chi connectivity index (χ0v) is 10.3. The maximum absolute atomic E-state index is 10.2. The van der Waals surface area contributed by atoms with Crippen LogP contribution >= 0.6 is 0 Å². The van der Waals surface area contributed by atoms with Gasteiger partial charge >= 0.3 is 0 Å². The highest BCUT2D eigenvalue weighted by Gasteiger charge is 2.13. The lowest BCUT2D eigenvalue weighted by molar-refractivity contribution is 0.164. The van der Waals surface area contributed by atoms with E-state index < -0.39 is 6.10 Å². The summed E-state index contributed by atoms with van der Waals surface area (Å²) in [5, 5.41) is 10.2. The first-order valence-electron chi connectivity index (χ1n) is 5.95. The highest BCUT2D eigenvalue weighted by Crippen LogP contribution is 2.17.